The fourth-order valence-corrected chi connectivity index (χ4v) is 2.49. The minimum Gasteiger partial charge on any atom is -0.478 e. The van der Waals surface area contributed by atoms with Crippen LogP contribution in [0, 0.1) is 0 Å². The van der Waals surface area contributed by atoms with Gasteiger partial charge in [-0.3, -0.25) is 0 Å². The summed E-state index contributed by atoms with van der Waals surface area (Å²) in [6, 6.07) is 7.73. The molecule has 0 unspecified atom stereocenters. The van der Waals surface area contributed by atoms with Crippen LogP contribution in [0.25, 0.3) is 6.08 Å². The summed E-state index contributed by atoms with van der Waals surface area (Å²) < 4.78 is 0. The molecule has 0 amide bonds. The number of aromatic nitrogens is 1. The number of anilines is 1. The molecular weight excluding hydrogens is 260 g/mol. The predicted octanol–water partition coefficient (Wildman–Crippen LogP) is 2.88. The number of carboxylic acids is 1. The fraction of sp³-hybridized carbons (Fsp3) is 0.143. The first-order valence-corrected chi connectivity index (χ1v) is 6.64. The third kappa shape index (κ3) is 3.66. The van der Waals surface area contributed by atoms with Crippen molar-refractivity contribution < 1.29 is 9.90 Å². The van der Waals surface area contributed by atoms with E-state index in [1.54, 1.807) is 29.7 Å². The number of carbonyl (C=O) groups is 1. The number of carboxylic acid groups (broad SMARTS) is 1. The molecule has 0 aliphatic heterocycles. The van der Waals surface area contributed by atoms with Crippen LogP contribution in [0.4, 0.5) is 5.82 Å². The summed E-state index contributed by atoms with van der Waals surface area (Å²) in [4.78, 5) is 18.2. The molecule has 0 fully saturated rings. The fourth-order valence-electron chi connectivity index (χ4n) is 1.73. The predicted molar refractivity (Wildman–Crippen MR) is 77.3 cm³/mol. The van der Waals surface area contributed by atoms with E-state index in [1.807, 2.05) is 29.5 Å². The Morgan fingerprint density at radius 1 is 1.47 bits per heavy atom. The van der Waals surface area contributed by atoms with Gasteiger partial charge < -0.3 is 10.0 Å². The highest BCUT2D eigenvalue weighted by Crippen LogP contribution is 2.20. The van der Waals surface area contributed by atoms with Gasteiger partial charge in [-0.25, -0.2) is 9.78 Å². The average Bonchev–Trinajstić information content (AvgIpc) is 2.89. The zero-order valence-corrected chi connectivity index (χ0v) is 11.3. The Kier molecular flexibility index (Phi) is 4.30. The van der Waals surface area contributed by atoms with Crippen LogP contribution in [0.1, 0.15) is 10.4 Å². The molecule has 0 aromatic carbocycles. The Balaban J connectivity index is 2.21. The first-order valence-electron chi connectivity index (χ1n) is 5.76. The lowest BCUT2D eigenvalue weighted by atomic mass is 10.2. The number of thiophene rings is 1. The van der Waals surface area contributed by atoms with Crippen LogP contribution in [-0.4, -0.2) is 23.1 Å². The summed E-state index contributed by atoms with van der Waals surface area (Å²) in [5.74, 6) is -0.191. The minimum atomic E-state index is -0.962. The molecule has 2 aromatic heterocycles. The Morgan fingerprint density at radius 3 is 3.00 bits per heavy atom. The molecule has 5 heteroatoms. The van der Waals surface area contributed by atoms with E-state index in [1.165, 1.54) is 4.88 Å². The Bertz CT molecular complexity index is 579. The number of rotatable bonds is 5. The number of nitrogens with zero attached hydrogens (tertiary/aromatic N) is 2. The van der Waals surface area contributed by atoms with Crippen LogP contribution in [0.5, 0.6) is 0 Å². The van der Waals surface area contributed by atoms with Crippen molar-refractivity contribution in [3.05, 3.63) is 52.4 Å². The Hall–Kier alpha value is -2.14. The van der Waals surface area contributed by atoms with Gasteiger partial charge in [0.2, 0.25) is 0 Å². The van der Waals surface area contributed by atoms with Crippen LogP contribution >= 0.6 is 11.3 Å². The smallest absolute Gasteiger partial charge is 0.328 e. The van der Waals surface area contributed by atoms with Gasteiger partial charge in [-0.15, -0.1) is 11.3 Å². The molecule has 0 bridgehead atoms. The molecule has 0 radical (unpaired) electrons. The molecule has 98 valence electrons. The molecule has 0 aliphatic rings. The molecule has 2 rings (SSSR count). The molecule has 0 saturated heterocycles. The van der Waals surface area contributed by atoms with Gasteiger partial charge >= 0.3 is 5.97 Å². The van der Waals surface area contributed by atoms with E-state index in [-0.39, 0.29) is 0 Å². The van der Waals surface area contributed by atoms with E-state index in [4.69, 9.17) is 5.11 Å². The molecule has 0 spiro atoms. The van der Waals surface area contributed by atoms with E-state index in [0.29, 0.717) is 0 Å². The quantitative estimate of drug-likeness (QED) is 0.852. The molecule has 2 aromatic rings. The van der Waals surface area contributed by atoms with Crippen molar-refractivity contribution in [1.29, 1.82) is 0 Å². The largest absolute Gasteiger partial charge is 0.478 e. The summed E-state index contributed by atoms with van der Waals surface area (Å²) in [5, 5.41) is 10.7. The van der Waals surface area contributed by atoms with Gasteiger partial charge in [0.25, 0.3) is 0 Å². The second-order valence-electron chi connectivity index (χ2n) is 4.02. The monoisotopic (exact) mass is 274 g/mol. The molecule has 0 atom stereocenters. The standard InChI is InChI=1S/C14H14N2O2S/c1-16(10-12-5-3-9-19-12)14-11(4-2-8-15-14)6-7-13(17)18/h2-9H,10H2,1H3,(H,17,18)/b7-6+. The number of hydrogen-bond acceptors (Lipinski definition) is 4. The maximum absolute atomic E-state index is 10.6. The van der Waals surface area contributed by atoms with E-state index < -0.39 is 5.97 Å². The normalized spacial score (nSPS) is 10.8. The van der Waals surface area contributed by atoms with Gasteiger partial charge in [-0.05, 0) is 29.7 Å². The average molecular weight is 274 g/mol. The Labute approximate surface area is 115 Å². The van der Waals surface area contributed by atoms with Crippen molar-refractivity contribution >= 4 is 29.2 Å². The maximum atomic E-state index is 10.6. The zero-order valence-electron chi connectivity index (χ0n) is 10.5. The molecule has 0 saturated carbocycles. The lowest BCUT2D eigenvalue weighted by Crippen LogP contribution is -2.18. The van der Waals surface area contributed by atoms with Crippen LogP contribution in [0.3, 0.4) is 0 Å². The summed E-state index contributed by atoms with van der Waals surface area (Å²) in [5.41, 5.74) is 0.795. The van der Waals surface area contributed by atoms with Gasteiger partial charge in [-0.1, -0.05) is 6.07 Å². The van der Waals surface area contributed by atoms with Gasteiger partial charge in [0, 0.05) is 29.8 Å². The van der Waals surface area contributed by atoms with Crippen molar-refractivity contribution in [1.82, 2.24) is 4.98 Å². The summed E-state index contributed by atoms with van der Waals surface area (Å²) in [6.45, 7) is 0.753. The SMILES string of the molecule is CN(Cc1cccs1)c1ncccc1/C=C/C(=O)O. The molecule has 2 heterocycles. The van der Waals surface area contributed by atoms with Gasteiger partial charge in [0.15, 0.2) is 0 Å². The number of hydrogen-bond donors (Lipinski definition) is 1. The van der Waals surface area contributed by atoms with Gasteiger partial charge in [0.05, 0.1) is 6.54 Å². The van der Waals surface area contributed by atoms with E-state index in [9.17, 15) is 4.79 Å². The van der Waals surface area contributed by atoms with Crippen LogP contribution < -0.4 is 4.90 Å². The van der Waals surface area contributed by atoms with Crippen LogP contribution in [0.15, 0.2) is 41.9 Å². The third-order valence-corrected chi connectivity index (χ3v) is 3.42. The maximum Gasteiger partial charge on any atom is 0.328 e. The second-order valence-corrected chi connectivity index (χ2v) is 5.06. The first kappa shape index (κ1) is 13.3. The molecule has 0 aliphatic carbocycles. The minimum absolute atomic E-state index is 0.753. The van der Waals surface area contributed by atoms with Crippen LogP contribution in [-0.2, 0) is 11.3 Å². The van der Waals surface area contributed by atoms with E-state index >= 15 is 0 Å². The van der Waals surface area contributed by atoms with E-state index in [2.05, 4.69) is 11.1 Å². The molecule has 4 nitrogen and oxygen atoms in total. The Morgan fingerprint density at radius 2 is 2.32 bits per heavy atom. The zero-order chi connectivity index (χ0) is 13.7. The molecule has 1 N–H and O–H groups in total. The summed E-state index contributed by atoms with van der Waals surface area (Å²) in [7, 11) is 1.94. The third-order valence-electron chi connectivity index (χ3n) is 2.56. The number of pyridine rings is 1. The summed E-state index contributed by atoms with van der Waals surface area (Å²) in [6.07, 6.45) is 4.40. The highest BCUT2D eigenvalue weighted by molar-refractivity contribution is 7.09. The van der Waals surface area contributed by atoms with E-state index in [0.717, 1.165) is 24.0 Å². The number of aliphatic carboxylic acids is 1. The van der Waals surface area contributed by atoms with Crippen molar-refractivity contribution in [3.63, 3.8) is 0 Å². The van der Waals surface area contributed by atoms with Crippen molar-refractivity contribution in [2.24, 2.45) is 0 Å². The molecule has 19 heavy (non-hydrogen) atoms. The van der Waals surface area contributed by atoms with Crippen molar-refractivity contribution in [2.75, 3.05) is 11.9 Å². The molecular formula is C14H14N2O2S. The first-order chi connectivity index (χ1) is 9.16. The topological polar surface area (TPSA) is 53.4 Å². The van der Waals surface area contributed by atoms with Crippen molar-refractivity contribution in [2.45, 2.75) is 6.54 Å². The lowest BCUT2D eigenvalue weighted by molar-refractivity contribution is -0.131. The van der Waals surface area contributed by atoms with Gasteiger partial charge in [-0.2, -0.15) is 0 Å². The van der Waals surface area contributed by atoms with Crippen molar-refractivity contribution in [3.8, 4) is 0 Å². The second kappa shape index (κ2) is 6.15. The lowest BCUT2D eigenvalue weighted by Gasteiger charge is -2.19. The summed E-state index contributed by atoms with van der Waals surface area (Å²) >= 11 is 1.69. The highest BCUT2D eigenvalue weighted by atomic mass is 32.1. The highest BCUT2D eigenvalue weighted by Gasteiger charge is 2.08. The van der Waals surface area contributed by atoms with Crippen LogP contribution in [0.2, 0.25) is 0 Å². The van der Waals surface area contributed by atoms with Gasteiger partial charge in [0.1, 0.15) is 5.82 Å².